The Labute approximate surface area is 426 Å². The zero-order chi connectivity index (χ0) is 52.5. The first-order chi connectivity index (χ1) is 34.3. The van der Waals surface area contributed by atoms with Gasteiger partial charge in [0, 0.05) is 7.11 Å². The van der Waals surface area contributed by atoms with Crippen LogP contribution in [-0.2, 0) is 58.5 Å². The molecule has 1 heterocycles. The molecular formula is C54H75B2O16. The fourth-order valence-corrected chi connectivity index (χ4v) is 7.35. The van der Waals surface area contributed by atoms with Crippen LogP contribution in [0.15, 0.2) is 60.7 Å². The third-order valence-corrected chi connectivity index (χ3v) is 12.8. The highest BCUT2D eigenvalue weighted by Gasteiger charge is 2.52. The van der Waals surface area contributed by atoms with E-state index in [9.17, 15) is 14.7 Å². The van der Waals surface area contributed by atoms with Gasteiger partial charge in [-0.25, -0.2) is 9.59 Å². The molecule has 16 nitrogen and oxygen atoms in total. The number of aliphatic hydroxyl groups excluding tert-OH is 1. The molecule has 0 unspecified atom stereocenters. The van der Waals surface area contributed by atoms with Gasteiger partial charge < -0.3 is 66.8 Å². The molecule has 393 valence electrons. The number of fused-ring (bicyclic) bond motifs is 1. The number of ether oxygens (including phenoxy) is 9. The predicted octanol–water partition coefficient (Wildman–Crippen LogP) is 6.24. The number of benzene rings is 4. The number of methoxy groups -OCH3 is 1. The molecule has 0 atom stereocenters. The summed E-state index contributed by atoms with van der Waals surface area (Å²) in [6, 6.07) is 19.0. The second-order valence-corrected chi connectivity index (χ2v) is 19.2. The Bertz CT molecular complexity index is 2360. The lowest BCUT2D eigenvalue weighted by Gasteiger charge is -2.37. The molecule has 1 saturated heterocycles. The van der Waals surface area contributed by atoms with E-state index < -0.39 is 41.5 Å². The van der Waals surface area contributed by atoms with Crippen LogP contribution in [0.3, 0.4) is 0 Å². The van der Waals surface area contributed by atoms with Gasteiger partial charge in [-0.15, -0.1) is 0 Å². The van der Waals surface area contributed by atoms with Crippen LogP contribution in [0.4, 0.5) is 0 Å². The normalized spacial score (nSPS) is 14.5. The van der Waals surface area contributed by atoms with Gasteiger partial charge in [-0.1, -0.05) is 47.9 Å². The number of aliphatic hydroxyl groups is 2. The summed E-state index contributed by atoms with van der Waals surface area (Å²) in [5, 5.41) is 21.5. The van der Waals surface area contributed by atoms with E-state index in [4.69, 9.17) is 61.7 Å². The number of hydrogen-bond donors (Lipinski definition) is 2. The Morgan fingerprint density at radius 1 is 0.639 bits per heavy atom. The van der Waals surface area contributed by atoms with Gasteiger partial charge in [0.2, 0.25) is 0 Å². The number of rotatable bonds is 31. The van der Waals surface area contributed by atoms with Crippen molar-refractivity contribution in [3.05, 3.63) is 77.4 Å². The van der Waals surface area contributed by atoms with Gasteiger partial charge in [0.05, 0.1) is 120 Å². The second kappa shape index (κ2) is 27.2. The molecule has 1 radical (unpaired) electrons. The van der Waals surface area contributed by atoms with Crippen molar-refractivity contribution >= 4 is 48.2 Å². The van der Waals surface area contributed by atoms with E-state index in [0.717, 1.165) is 27.4 Å². The summed E-state index contributed by atoms with van der Waals surface area (Å²) >= 11 is 0. The first kappa shape index (κ1) is 58.5. The van der Waals surface area contributed by atoms with E-state index in [1.807, 2.05) is 90.1 Å². The van der Waals surface area contributed by atoms with Crippen LogP contribution in [-0.4, -0.2) is 159 Å². The molecule has 0 spiro atoms. The van der Waals surface area contributed by atoms with Crippen LogP contribution >= 0.6 is 0 Å². The quantitative estimate of drug-likeness (QED) is 0.0328. The molecule has 0 amide bonds. The smallest absolute Gasteiger partial charge is 0.490 e. The zero-order valence-corrected chi connectivity index (χ0v) is 44.1. The van der Waals surface area contributed by atoms with E-state index >= 15 is 0 Å². The average Bonchev–Trinajstić information content (AvgIpc) is 3.56. The van der Waals surface area contributed by atoms with Crippen LogP contribution in [0, 0.1) is 0 Å². The van der Waals surface area contributed by atoms with Gasteiger partial charge in [-0.3, -0.25) is 0 Å². The van der Waals surface area contributed by atoms with Gasteiger partial charge in [0.15, 0.2) is 0 Å². The number of esters is 2. The van der Waals surface area contributed by atoms with E-state index in [2.05, 4.69) is 0 Å². The van der Waals surface area contributed by atoms with Crippen molar-refractivity contribution in [1.82, 2.24) is 0 Å². The molecule has 4 aromatic rings. The Morgan fingerprint density at radius 3 is 1.74 bits per heavy atom. The molecule has 0 saturated carbocycles. The van der Waals surface area contributed by atoms with Gasteiger partial charge >= 0.3 is 26.5 Å². The first-order valence-electron chi connectivity index (χ1n) is 24.7. The van der Waals surface area contributed by atoms with Crippen molar-refractivity contribution in [2.24, 2.45) is 0 Å². The molecule has 2 N–H and O–H groups in total. The Hall–Kier alpha value is -4.43. The molecule has 1 aliphatic rings. The summed E-state index contributed by atoms with van der Waals surface area (Å²) in [7, 11) is 2.46. The molecule has 0 aliphatic carbocycles. The van der Waals surface area contributed by atoms with Crippen LogP contribution < -0.4 is 15.7 Å². The third kappa shape index (κ3) is 15.8. The SMILES string of the molecule is CCOC(=O)c1cc(-c2cc(B3OC(C)(C)C(C)(C)O3)cc3c(-c4ccc(OCCOCCOCCOC)c(C(=O)OCC)c4)cc([B]OC(C)(C)C(C)(C)O)cc23)ccc1COCCOCCOCCO. The van der Waals surface area contributed by atoms with Gasteiger partial charge in [-0.05, 0) is 131 Å². The first-order valence-corrected chi connectivity index (χ1v) is 24.7. The van der Waals surface area contributed by atoms with Crippen molar-refractivity contribution < 1.29 is 76.4 Å². The standard InChI is InChI=1S/C54H75B2O16/c1-12-67-49(58)44-30-37(14-15-39(44)36-66-27-26-64-23-22-62-19-18-57)43-34-41(56-71-53(7,8)54(9,10)72-56)35-46-42(32-40(33-45(43)46)55-70-52(5,6)51(3,4)60)38-16-17-48(47(31-38)50(59)68-13-2)69-29-28-65-25-24-63-21-20-61-11/h14-17,30-35,57,60H,12-13,18-29,36H2,1-11H3. The molecule has 4 aromatic carbocycles. The Morgan fingerprint density at radius 2 is 1.15 bits per heavy atom. The van der Waals surface area contributed by atoms with Crippen LogP contribution in [0.2, 0.25) is 0 Å². The topological polar surface area (TPSA) is 185 Å². The van der Waals surface area contributed by atoms with E-state index in [1.165, 1.54) is 0 Å². The largest absolute Gasteiger partial charge is 0.494 e. The lowest BCUT2D eigenvalue weighted by molar-refractivity contribution is -0.0893. The monoisotopic (exact) mass is 1000 g/mol. The summed E-state index contributed by atoms with van der Waals surface area (Å²) < 4.78 is 70.0. The summed E-state index contributed by atoms with van der Waals surface area (Å²) in [4.78, 5) is 27.5. The fourth-order valence-electron chi connectivity index (χ4n) is 7.35. The summed E-state index contributed by atoms with van der Waals surface area (Å²) in [6.07, 6.45) is 0. The molecule has 5 rings (SSSR count). The number of carbonyl (C=O) groups is 2. The highest BCUT2D eigenvalue weighted by molar-refractivity contribution is 6.62. The van der Waals surface area contributed by atoms with E-state index in [0.29, 0.717) is 79.7 Å². The van der Waals surface area contributed by atoms with E-state index in [-0.39, 0.29) is 58.4 Å². The predicted molar refractivity (Wildman–Crippen MR) is 277 cm³/mol. The maximum absolute atomic E-state index is 13.8. The molecule has 18 heteroatoms. The molecule has 72 heavy (non-hydrogen) atoms. The van der Waals surface area contributed by atoms with Crippen LogP contribution in [0.1, 0.15) is 95.5 Å². The fraction of sp³-hybridized carbons (Fsp3) is 0.556. The van der Waals surface area contributed by atoms with Gasteiger partial charge in [-0.2, -0.15) is 0 Å². The van der Waals surface area contributed by atoms with Crippen molar-refractivity contribution in [3.8, 4) is 28.0 Å². The Kier molecular flexibility index (Phi) is 22.1. The van der Waals surface area contributed by atoms with Crippen LogP contribution in [0.25, 0.3) is 33.0 Å². The van der Waals surface area contributed by atoms with Crippen molar-refractivity contribution in [1.29, 1.82) is 0 Å². The summed E-state index contributed by atoms with van der Waals surface area (Å²) in [5.74, 6) is -0.745. The molecule has 1 aliphatic heterocycles. The third-order valence-electron chi connectivity index (χ3n) is 12.8. The summed E-state index contributed by atoms with van der Waals surface area (Å²) in [6.45, 7) is 22.6. The average molecular weight is 1000 g/mol. The van der Waals surface area contributed by atoms with Gasteiger partial charge in [0.1, 0.15) is 17.9 Å². The zero-order valence-electron chi connectivity index (χ0n) is 44.1. The molecule has 0 aromatic heterocycles. The maximum atomic E-state index is 13.8. The molecule has 0 bridgehead atoms. The molecular weight excluding hydrogens is 926 g/mol. The second-order valence-electron chi connectivity index (χ2n) is 19.2. The van der Waals surface area contributed by atoms with Crippen molar-refractivity contribution in [3.63, 3.8) is 0 Å². The molecule has 1 fully saturated rings. The highest BCUT2D eigenvalue weighted by atomic mass is 16.7. The van der Waals surface area contributed by atoms with Crippen LogP contribution in [0.5, 0.6) is 5.75 Å². The number of hydrogen-bond acceptors (Lipinski definition) is 16. The minimum Gasteiger partial charge on any atom is -0.490 e. The lowest BCUT2D eigenvalue weighted by atomic mass is 9.74. The minimum atomic E-state index is -1.21. The number of carbonyl (C=O) groups excluding carboxylic acids is 2. The Balaban J connectivity index is 1.66. The van der Waals surface area contributed by atoms with Gasteiger partial charge in [0.25, 0.3) is 0 Å². The minimum absolute atomic E-state index is 0.0549. The highest BCUT2D eigenvalue weighted by Crippen LogP contribution is 2.40. The van der Waals surface area contributed by atoms with Crippen molar-refractivity contribution in [2.75, 3.05) is 99.6 Å². The van der Waals surface area contributed by atoms with E-state index in [1.54, 1.807) is 54.4 Å². The maximum Gasteiger partial charge on any atom is 0.494 e. The lowest BCUT2D eigenvalue weighted by Crippen LogP contribution is -2.49. The van der Waals surface area contributed by atoms with Crippen molar-refractivity contribution in [2.45, 2.75) is 98.2 Å². The summed E-state index contributed by atoms with van der Waals surface area (Å²) in [5.41, 5.74) is 1.81.